The van der Waals surface area contributed by atoms with Crippen molar-refractivity contribution in [2.45, 2.75) is 4.90 Å². The van der Waals surface area contributed by atoms with E-state index in [1.807, 2.05) is 0 Å². The normalized spacial score (nSPS) is 16.9. The van der Waals surface area contributed by atoms with E-state index in [1.165, 1.54) is 29.6 Å². The van der Waals surface area contributed by atoms with Gasteiger partial charge in [-0.25, -0.2) is 13.2 Å². The molecule has 0 aromatic heterocycles. The third kappa shape index (κ3) is 2.92. The van der Waals surface area contributed by atoms with Crippen LogP contribution >= 0.6 is 11.8 Å². The number of anilines is 1. The van der Waals surface area contributed by atoms with Crippen LogP contribution in [0, 0.1) is 0 Å². The van der Waals surface area contributed by atoms with Crippen molar-refractivity contribution in [3.8, 4) is 0 Å². The van der Waals surface area contributed by atoms with Crippen molar-refractivity contribution >= 4 is 33.4 Å². The van der Waals surface area contributed by atoms with Gasteiger partial charge in [0, 0.05) is 24.6 Å². The van der Waals surface area contributed by atoms with Crippen LogP contribution in [0.5, 0.6) is 0 Å². The van der Waals surface area contributed by atoms with Gasteiger partial charge in [-0.15, -0.1) is 0 Å². The van der Waals surface area contributed by atoms with Gasteiger partial charge in [0.15, 0.2) is 0 Å². The van der Waals surface area contributed by atoms with Crippen LogP contribution in [0.4, 0.5) is 5.69 Å². The number of benzene rings is 1. The fraction of sp³-hybridized carbons (Fsp3) is 0.417. The van der Waals surface area contributed by atoms with E-state index in [0.29, 0.717) is 13.1 Å². The molecular weight excluding hydrogens is 300 g/mol. The van der Waals surface area contributed by atoms with Crippen molar-refractivity contribution < 1.29 is 17.9 Å². The third-order valence-corrected chi connectivity index (χ3v) is 5.93. The molecule has 1 aliphatic heterocycles. The van der Waals surface area contributed by atoms with Gasteiger partial charge in [0.25, 0.3) is 0 Å². The number of carbonyl (C=O) groups is 1. The van der Waals surface area contributed by atoms with Crippen molar-refractivity contribution in [3.63, 3.8) is 0 Å². The first kappa shape index (κ1) is 15.1. The summed E-state index contributed by atoms with van der Waals surface area (Å²) in [6.07, 6.45) is 0. The number of nitrogen functional groups attached to an aromatic ring is 1. The van der Waals surface area contributed by atoms with Crippen molar-refractivity contribution in [3.05, 3.63) is 23.8 Å². The van der Waals surface area contributed by atoms with E-state index in [9.17, 15) is 13.2 Å². The molecule has 1 heterocycles. The summed E-state index contributed by atoms with van der Waals surface area (Å²) in [4.78, 5) is 11.4. The lowest BCUT2D eigenvalue weighted by atomic mass is 10.2. The first-order valence-electron chi connectivity index (χ1n) is 6.02. The van der Waals surface area contributed by atoms with E-state index in [2.05, 4.69) is 4.74 Å². The van der Waals surface area contributed by atoms with Gasteiger partial charge in [-0.05, 0) is 18.2 Å². The number of nitrogens with two attached hydrogens (primary N) is 1. The van der Waals surface area contributed by atoms with E-state index >= 15 is 0 Å². The molecule has 2 rings (SSSR count). The largest absolute Gasteiger partial charge is 0.465 e. The molecule has 2 N–H and O–H groups in total. The molecule has 0 radical (unpaired) electrons. The van der Waals surface area contributed by atoms with E-state index in [0.717, 1.165) is 11.5 Å². The van der Waals surface area contributed by atoms with Crippen LogP contribution in [0.2, 0.25) is 0 Å². The van der Waals surface area contributed by atoms with Gasteiger partial charge in [0.1, 0.15) is 4.90 Å². The molecule has 1 fully saturated rings. The zero-order valence-electron chi connectivity index (χ0n) is 11.0. The highest BCUT2D eigenvalue weighted by molar-refractivity contribution is 7.99. The highest BCUT2D eigenvalue weighted by Crippen LogP contribution is 2.25. The van der Waals surface area contributed by atoms with Gasteiger partial charge in [-0.3, -0.25) is 0 Å². The van der Waals surface area contributed by atoms with Gasteiger partial charge < -0.3 is 10.5 Å². The van der Waals surface area contributed by atoms with Crippen LogP contribution in [-0.2, 0) is 14.8 Å². The number of thioether (sulfide) groups is 1. The number of carbonyl (C=O) groups excluding carboxylic acids is 1. The summed E-state index contributed by atoms with van der Waals surface area (Å²) >= 11 is 1.72. The second-order valence-electron chi connectivity index (χ2n) is 4.26. The van der Waals surface area contributed by atoms with Crippen LogP contribution in [0.1, 0.15) is 10.4 Å². The lowest BCUT2D eigenvalue weighted by molar-refractivity contribution is 0.0600. The Hall–Kier alpha value is -1.25. The average molecular weight is 316 g/mol. The first-order valence-corrected chi connectivity index (χ1v) is 8.62. The van der Waals surface area contributed by atoms with Crippen molar-refractivity contribution in [1.29, 1.82) is 0 Å². The van der Waals surface area contributed by atoms with E-state index in [1.54, 1.807) is 11.8 Å². The topological polar surface area (TPSA) is 89.7 Å². The Balaban J connectivity index is 2.34. The lowest BCUT2D eigenvalue weighted by Crippen LogP contribution is -2.38. The predicted molar refractivity (Wildman–Crippen MR) is 78.3 cm³/mol. The summed E-state index contributed by atoms with van der Waals surface area (Å²) in [5.74, 6) is 1.01. The number of esters is 1. The number of sulfonamides is 1. The molecule has 20 heavy (non-hydrogen) atoms. The molecule has 0 bridgehead atoms. The van der Waals surface area contributed by atoms with E-state index < -0.39 is 16.0 Å². The van der Waals surface area contributed by atoms with Crippen LogP contribution in [0.15, 0.2) is 23.1 Å². The minimum Gasteiger partial charge on any atom is -0.465 e. The molecule has 0 amide bonds. The number of rotatable bonds is 3. The van der Waals surface area contributed by atoms with Crippen LogP contribution < -0.4 is 5.73 Å². The first-order chi connectivity index (χ1) is 9.46. The standard InChI is InChI=1S/C12H16N2O4S2/c1-18-12(15)9-2-3-11(10(13)8-9)20(16,17)14-4-6-19-7-5-14/h2-3,8H,4-7,13H2,1H3. The number of methoxy groups -OCH3 is 1. The summed E-state index contributed by atoms with van der Waals surface area (Å²) in [5, 5.41) is 0. The van der Waals surface area contributed by atoms with Gasteiger partial charge in [0.05, 0.1) is 18.4 Å². The summed E-state index contributed by atoms with van der Waals surface area (Å²) in [7, 11) is -2.34. The third-order valence-electron chi connectivity index (χ3n) is 3.02. The molecule has 0 saturated carbocycles. The molecule has 1 saturated heterocycles. The van der Waals surface area contributed by atoms with Crippen LogP contribution in [0.3, 0.4) is 0 Å². The Kier molecular flexibility index (Phi) is 4.56. The summed E-state index contributed by atoms with van der Waals surface area (Å²) < 4.78 is 31.0. The molecule has 0 spiro atoms. The second-order valence-corrected chi connectivity index (χ2v) is 7.39. The Labute approximate surface area is 122 Å². The lowest BCUT2D eigenvalue weighted by Gasteiger charge is -2.26. The molecule has 0 atom stereocenters. The summed E-state index contributed by atoms with van der Waals surface area (Å²) in [6.45, 7) is 0.955. The SMILES string of the molecule is COC(=O)c1ccc(S(=O)(=O)N2CCSCC2)c(N)c1. The van der Waals surface area contributed by atoms with Crippen LogP contribution in [0.25, 0.3) is 0 Å². The van der Waals surface area contributed by atoms with Crippen molar-refractivity contribution in [2.24, 2.45) is 0 Å². The molecule has 1 aromatic rings. The highest BCUT2D eigenvalue weighted by atomic mass is 32.2. The fourth-order valence-corrected chi connectivity index (χ4v) is 4.63. The van der Waals surface area contributed by atoms with Crippen molar-refractivity contribution in [1.82, 2.24) is 4.31 Å². The molecule has 0 unspecified atom stereocenters. The van der Waals surface area contributed by atoms with Gasteiger partial charge >= 0.3 is 5.97 Å². The Morgan fingerprint density at radius 2 is 2.00 bits per heavy atom. The molecule has 1 aromatic carbocycles. The number of hydrogen-bond acceptors (Lipinski definition) is 6. The van der Waals surface area contributed by atoms with E-state index in [4.69, 9.17) is 5.73 Å². The highest BCUT2D eigenvalue weighted by Gasteiger charge is 2.28. The van der Waals surface area contributed by atoms with Crippen LogP contribution in [-0.4, -0.2) is 50.4 Å². The second kappa shape index (κ2) is 6.02. The zero-order valence-corrected chi connectivity index (χ0v) is 12.7. The minimum absolute atomic E-state index is 0.0389. The molecule has 110 valence electrons. The Bertz CT molecular complexity index is 610. The minimum atomic E-state index is -3.60. The number of nitrogens with zero attached hydrogens (tertiary/aromatic N) is 1. The van der Waals surface area contributed by atoms with Gasteiger partial charge in [-0.1, -0.05) is 0 Å². The monoisotopic (exact) mass is 316 g/mol. The number of hydrogen-bond donors (Lipinski definition) is 1. The molecular formula is C12H16N2O4S2. The number of ether oxygens (including phenoxy) is 1. The van der Waals surface area contributed by atoms with Gasteiger partial charge in [-0.2, -0.15) is 16.1 Å². The maximum atomic E-state index is 12.5. The quantitative estimate of drug-likeness (QED) is 0.655. The molecule has 0 aliphatic carbocycles. The maximum Gasteiger partial charge on any atom is 0.337 e. The molecule has 8 heteroatoms. The Morgan fingerprint density at radius 3 is 2.55 bits per heavy atom. The zero-order chi connectivity index (χ0) is 14.8. The maximum absolute atomic E-state index is 12.5. The summed E-state index contributed by atoms with van der Waals surface area (Å²) in [5.41, 5.74) is 6.08. The predicted octanol–water partition coefficient (Wildman–Crippen LogP) is 0.793. The van der Waals surface area contributed by atoms with Gasteiger partial charge in [0.2, 0.25) is 10.0 Å². The summed E-state index contributed by atoms with van der Waals surface area (Å²) in [6, 6.07) is 4.10. The molecule has 6 nitrogen and oxygen atoms in total. The molecule has 1 aliphatic rings. The average Bonchev–Trinajstić information content (AvgIpc) is 2.47. The fourth-order valence-electron chi connectivity index (χ4n) is 1.95. The Morgan fingerprint density at radius 1 is 1.35 bits per heavy atom. The van der Waals surface area contributed by atoms with Crippen molar-refractivity contribution in [2.75, 3.05) is 37.4 Å². The smallest absolute Gasteiger partial charge is 0.337 e. The van der Waals surface area contributed by atoms with E-state index in [-0.39, 0.29) is 16.1 Å².